The molecule has 1 aromatic carbocycles. The molecule has 4 nitrogen and oxygen atoms in total. The number of hydrogen-bond donors (Lipinski definition) is 1. The first-order valence-corrected chi connectivity index (χ1v) is 7.61. The molecule has 0 saturated carbocycles. The van der Waals surface area contributed by atoms with Crippen molar-refractivity contribution < 1.29 is 4.74 Å². The highest BCUT2D eigenvalue weighted by atomic mass is 16.5. The molecule has 2 atom stereocenters. The summed E-state index contributed by atoms with van der Waals surface area (Å²) in [6.07, 6.45) is 1.17. The van der Waals surface area contributed by atoms with Crippen molar-refractivity contribution in [1.29, 1.82) is 0 Å². The van der Waals surface area contributed by atoms with Gasteiger partial charge in [-0.2, -0.15) is 0 Å². The molecule has 0 spiro atoms. The second-order valence-corrected chi connectivity index (χ2v) is 5.95. The standard InChI is InChI=1S/C16H25N3O/c1-18-12-13(11-17)10-16(18)14-4-2-3-5-15(14)19-6-8-20-9-7-19/h2-5,13,16H,6-12,17H2,1H3. The van der Waals surface area contributed by atoms with E-state index in [4.69, 9.17) is 10.5 Å². The van der Waals surface area contributed by atoms with Crippen molar-refractivity contribution in [3.8, 4) is 0 Å². The lowest BCUT2D eigenvalue weighted by atomic mass is 9.98. The fraction of sp³-hybridized carbons (Fsp3) is 0.625. The van der Waals surface area contributed by atoms with Gasteiger partial charge < -0.3 is 15.4 Å². The monoisotopic (exact) mass is 275 g/mol. The Bertz CT molecular complexity index is 445. The van der Waals surface area contributed by atoms with Crippen LogP contribution in [0.15, 0.2) is 24.3 Å². The summed E-state index contributed by atoms with van der Waals surface area (Å²) in [6.45, 7) is 5.56. The zero-order valence-corrected chi connectivity index (χ0v) is 12.3. The van der Waals surface area contributed by atoms with Crippen molar-refractivity contribution >= 4 is 5.69 Å². The highest BCUT2D eigenvalue weighted by molar-refractivity contribution is 5.55. The molecule has 1 aromatic rings. The third kappa shape index (κ3) is 2.68. The molecule has 20 heavy (non-hydrogen) atoms. The zero-order valence-electron chi connectivity index (χ0n) is 12.3. The summed E-state index contributed by atoms with van der Waals surface area (Å²) in [5.41, 5.74) is 8.70. The molecule has 0 aromatic heterocycles. The summed E-state index contributed by atoms with van der Waals surface area (Å²) >= 11 is 0. The van der Waals surface area contributed by atoms with Crippen LogP contribution in [-0.2, 0) is 4.74 Å². The number of para-hydroxylation sites is 1. The van der Waals surface area contributed by atoms with Crippen LogP contribution in [0.4, 0.5) is 5.69 Å². The third-order valence-corrected chi connectivity index (χ3v) is 4.62. The first-order valence-electron chi connectivity index (χ1n) is 7.61. The van der Waals surface area contributed by atoms with E-state index in [1.807, 2.05) is 0 Å². The summed E-state index contributed by atoms with van der Waals surface area (Å²) < 4.78 is 5.47. The predicted molar refractivity (Wildman–Crippen MR) is 82.0 cm³/mol. The van der Waals surface area contributed by atoms with Crippen molar-refractivity contribution in [1.82, 2.24) is 4.90 Å². The normalized spacial score (nSPS) is 28.0. The summed E-state index contributed by atoms with van der Waals surface area (Å²) in [5.74, 6) is 0.628. The Balaban J connectivity index is 1.85. The molecule has 2 heterocycles. The van der Waals surface area contributed by atoms with Crippen molar-refractivity contribution in [3.63, 3.8) is 0 Å². The molecule has 2 aliphatic rings. The number of rotatable bonds is 3. The Morgan fingerprint density at radius 1 is 1.25 bits per heavy atom. The quantitative estimate of drug-likeness (QED) is 0.907. The zero-order chi connectivity index (χ0) is 13.9. The van der Waals surface area contributed by atoms with Crippen LogP contribution in [0, 0.1) is 5.92 Å². The third-order valence-electron chi connectivity index (χ3n) is 4.62. The van der Waals surface area contributed by atoms with Gasteiger partial charge >= 0.3 is 0 Å². The number of morpholine rings is 1. The summed E-state index contributed by atoms with van der Waals surface area (Å²) in [4.78, 5) is 4.92. The van der Waals surface area contributed by atoms with E-state index in [1.54, 1.807) is 0 Å². The van der Waals surface area contributed by atoms with Crippen LogP contribution in [0.25, 0.3) is 0 Å². The van der Waals surface area contributed by atoms with Gasteiger partial charge in [-0.3, -0.25) is 4.90 Å². The number of hydrogen-bond acceptors (Lipinski definition) is 4. The van der Waals surface area contributed by atoms with Crippen LogP contribution >= 0.6 is 0 Å². The lowest BCUT2D eigenvalue weighted by Gasteiger charge is -2.33. The first-order chi connectivity index (χ1) is 9.79. The van der Waals surface area contributed by atoms with E-state index in [0.717, 1.165) is 39.4 Å². The molecule has 2 aliphatic heterocycles. The lowest BCUT2D eigenvalue weighted by molar-refractivity contribution is 0.122. The Morgan fingerprint density at radius 3 is 2.70 bits per heavy atom. The number of anilines is 1. The summed E-state index contributed by atoms with van der Waals surface area (Å²) in [7, 11) is 2.22. The van der Waals surface area contributed by atoms with Crippen LogP contribution in [0.2, 0.25) is 0 Å². The first kappa shape index (κ1) is 13.9. The molecule has 2 N–H and O–H groups in total. The number of ether oxygens (including phenoxy) is 1. The van der Waals surface area contributed by atoms with Crippen LogP contribution in [0.1, 0.15) is 18.0 Å². The maximum absolute atomic E-state index is 5.86. The number of benzene rings is 1. The SMILES string of the molecule is CN1CC(CN)CC1c1ccccc1N1CCOCC1. The fourth-order valence-electron chi connectivity index (χ4n) is 3.50. The second-order valence-electron chi connectivity index (χ2n) is 5.95. The molecule has 2 unspecified atom stereocenters. The van der Waals surface area contributed by atoms with Crippen molar-refractivity contribution in [2.45, 2.75) is 12.5 Å². The van der Waals surface area contributed by atoms with E-state index in [-0.39, 0.29) is 0 Å². The molecule has 110 valence electrons. The maximum atomic E-state index is 5.86. The lowest BCUT2D eigenvalue weighted by Crippen LogP contribution is -2.37. The largest absolute Gasteiger partial charge is 0.378 e. The van der Waals surface area contributed by atoms with Gasteiger partial charge in [-0.05, 0) is 37.6 Å². The summed E-state index contributed by atoms with van der Waals surface area (Å²) in [5, 5.41) is 0. The van der Waals surface area contributed by atoms with Gasteiger partial charge in [0.05, 0.1) is 13.2 Å². The van der Waals surface area contributed by atoms with E-state index in [9.17, 15) is 0 Å². The van der Waals surface area contributed by atoms with E-state index >= 15 is 0 Å². The smallest absolute Gasteiger partial charge is 0.0642 e. The minimum atomic E-state index is 0.502. The Hall–Kier alpha value is -1.10. The predicted octanol–water partition coefficient (Wildman–Crippen LogP) is 1.47. The molecule has 0 amide bonds. The molecule has 2 fully saturated rings. The summed E-state index contributed by atoms with van der Waals surface area (Å²) in [6, 6.07) is 9.34. The van der Waals surface area contributed by atoms with E-state index in [2.05, 4.69) is 41.1 Å². The van der Waals surface area contributed by atoms with E-state index < -0.39 is 0 Å². The van der Waals surface area contributed by atoms with Crippen LogP contribution in [-0.4, -0.2) is 51.3 Å². The van der Waals surface area contributed by atoms with Gasteiger partial charge in [0.15, 0.2) is 0 Å². The molecule has 0 bridgehead atoms. The Labute approximate surface area is 121 Å². The van der Waals surface area contributed by atoms with Crippen molar-refractivity contribution in [2.75, 3.05) is 51.3 Å². The number of nitrogens with two attached hydrogens (primary N) is 1. The highest BCUT2D eigenvalue weighted by Crippen LogP contribution is 2.38. The molecule has 4 heteroatoms. The molecular formula is C16H25N3O. The molecule has 2 saturated heterocycles. The van der Waals surface area contributed by atoms with Crippen LogP contribution in [0.3, 0.4) is 0 Å². The van der Waals surface area contributed by atoms with E-state index in [1.165, 1.54) is 17.7 Å². The average Bonchev–Trinajstić information content (AvgIpc) is 2.89. The van der Waals surface area contributed by atoms with Gasteiger partial charge in [-0.25, -0.2) is 0 Å². The minimum absolute atomic E-state index is 0.502. The van der Waals surface area contributed by atoms with Gasteiger partial charge in [0.2, 0.25) is 0 Å². The number of nitrogens with zero attached hydrogens (tertiary/aromatic N) is 2. The molecule has 0 radical (unpaired) electrons. The van der Waals surface area contributed by atoms with Gasteiger partial charge in [-0.1, -0.05) is 18.2 Å². The van der Waals surface area contributed by atoms with Gasteiger partial charge in [-0.15, -0.1) is 0 Å². The van der Waals surface area contributed by atoms with Crippen LogP contribution < -0.4 is 10.6 Å². The van der Waals surface area contributed by atoms with Crippen molar-refractivity contribution in [3.05, 3.63) is 29.8 Å². The fourth-order valence-corrected chi connectivity index (χ4v) is 3.50. The van der Waals surface area contributed by atoms with E-state index in [0.29, 0.717) is 12.0 Å². The molecular weight excluding hydrogens is 250 g/mol. The molecule has 0 aliphatic carbocycles. The van der Waals surface area contributed by atoms with Gasteiger partial charge in [0.1, 0.15) is 0 Å². The Morgan fingerprint density at radius 2 is 2.00 bits per heavy atom. The second kappa shape index (κ2) is 6.12. The van der Waals surface area contributed by atoms with Crippen molar-refractivity contribution in [2.24, 2.45) is 11.7 Å². The molecule has 3 rings (SSSR count). The van der Waals surface area contributed by atoms with Gasteiger partial charge in [0.25, 0.3) is 0 Å². The number of likely N-dealkylation sites (tertiary alicyclic amines) is 1. The maximum Gasteiger partial charge on any atom is 0.0642 e. The Kier molecular flexibility index (Phi) is 4.24. The average molecular weight is 275 g/mol. The minimum Gasteiger partial charge on any atom is -0.378 e. The topological polar surface area (TPSA) is 41.7 Å². The highest BCUT2D eigenvalue weighted by Gasteiger charge is 2.31. The van der Waals surface area contributed by atoms with Crippen LogP contribution in [0.5, 0.6) is 0 Å². The van der Waals surface area contributed by atoms with Gasteiger partial charge in [0, 0.05) is 31.4 Å².